The lowest BCUT2D eigenvalue weighted by Crippen LogP contribution is -2.84. The van der Waals surface area contributed by atoms with Crippen molar-refractivity contribution >= 4 is 17.3 Å². The third-order valence-electron chi connectivity index (χ3n) is 4.15. The molecule has 0 unspecified atom stereocenters. The quantitative estimate of drug-likeness (QED) is 0.824. The standard InChI is InChI=1S/C19H21ClN2O3/c1-23-18-7-6-14(9-19(18)24-2)17-10-16(25-22-17)12-21-11-13-4-3-5-15(20)8-13/h3-9,16,21H,10-12H2,1-2H3/p+1/t16-/m0/s1. The summed E-state index contributed by atoms with van der Waals surface area (Å²) in [5, 5.41) is 7.21. The van der Waals surface area contributed by atoms with Crippen molar-refractivity contribution < 1.29 is 19.6 Å². The van der Waals surface area contributed by atoms with Gasteiger partial charge in [-0.15, -0.1) is 0 Å². The molecule has 2 N–H and O–H groups in total. The minimum Gasteiger partial charge on any atom is -0.493 e. The average molecular weight is 362 g/mol. The molecule has 2 aromatic rings. The molecule has 0 radical (unpaired) electrons. The fourth-order valence-corrected chi connectivity index (χ4v) is 3.05. The van der Waals surface area contributed by atoms with Gasteiger partial charge in [-0.2, -0.15) is 0 Å². The lowest BCUT2D eigenvalue weighted by molar-refractivity contribution is -0.676. The van der Waals surface area contributed by atoms with E-state index in [0.29, 0.717) is 11.5 Å². The van der Waals surface area contributed by atoms with Crippen LogP contribution in [0.4, 0.5) is 0 Å². The van der Waals surface area contributed by atoms with Crippen LogP contribution in [0.25, 0.3) is 0 Å². The Balaban J connectivity index is 1.53. The van der Waals surface area contributed by atoms with Crippen LogP contribution in [-0.2, 0) is 11.4 Å². The highest BCUT2D eigenvalue weighted by Gasteiger charge is 2.24. The first kappa shape index (κ1) is 17.6. The van der Waals surface area contributed by atoms with E-state index in [0.717, 1.165) is 35.8 Å². The van der Waals surface area contributed by atoms with Crippen LogP contribution in [-0.4, -0.2) is 32.6 Å². The van der Waals surface area contributed by atoms with Gasteiger partial charge in [-0.3, -0.25) is 0 Å². The fraction of sp³-hybridized carbons (Fsp3) is 0.316. The number of quaternary nitrogens is 1. The number of nitrogens with two attached hydrogens (primary N) is 1. The number of rotatable bonds is 7. The van der Waals surface area contributed by atoms with Crippen molar-refractivity contribution in [1.29, 1.82) is 0 Å². The van der Waals surface area contributed by atoms with E-state index in [1.165, 1.54) is 5.56 Å². The first-order valence-corrected chi connectivity index (χ1v) is 8.58. The fourth-order valence-electron chi connectivity index (χ4n) is 2.84. The van der Waals surface area contributed by atoms with Crippen LogP contribution in [0.5, 0.6) is 11.5 Å². The first-order chi connectivity index (χ1) is 12.2. The number of halogens is 1. The van der Waals surface area contributed by atoms with Crippen LogP contribution in [0, 0.1) is 0 Å². The third kappa shape index (κ3) is 4.44. The van der Waals surface area contributed by atoms with Crippen molar-refractivity contribution in [1.82, 2.24) is 0 Å². The summed E-state index contributed by atoms with van der Waals surface area (Å²) >= 11 is 6.01. The van der Waals surface area contributed by atoms with Crippen LogP contribution in [0.15, 0.2) is 47.6 Å². The van der Waals surface area contributed by atoms with E-state index in [4.69, 9.17) is 25.9 Å². The first-order valence-electron chi connectivity index (χ1n) is 8.21. The zero-order valence-electron chi connectivity index (χ0n) is 14.4. The summed E-state index contributed by atoms with van der Waals surface area (Å²) in [6.07, 6.45) is 0.851. The minimum atomic E-state index is 0.0716. The molecule has 0 bridgehead atoms. The van der Waals surface area contributed by atoms with Crippen LogP contribution in [0.1, 0.15) is 17.5 Å². The maximum Gasteiger partial charge on any atom is 0.181 e. The molecule has 6 heteroatoms. The zero-order chi connectivity index (χ0) is 17.6. The van der Waals surface area contributed by atoms with Gasteiger partial charge in [-0.1, -0.05) is 28.9 Å². The molecule has 0 aromatic heterocycles. The number of hydrogen-bond donors (Lipinski definition) is 1. The van der Waals surface area contributed by atoms with Crippen LogP contribution >= 0.6 is 11.6 Å². The van der Waals surface area contributed by atoms with Crippen molar-refractivity contribution in [2.75, 3.05) is 20.8 Å². The third-order valence-corrected chi connectivity index (χ3v) is 4.38. The number of nitrogens with zero attached hydrogens (tertiary/aromatic N) is 1. The lowest BCUT2D eigenvalue weighted by atomic mass is 10.0. The molecule has 1 atom stereocenters. The van der Waals surface area contributed by atoms with Crippen molar-refractivity contribution in [3.63, 3.8) is 0 Å². The van der Waals surface area contributed by atoms with Crippen molar-refractivity contribution in [2.24, 2.45) is 5.16 Å². The zero-order valence-corrected chi connectivity index (χ0v) is 15.1. The van der Waals surface area contributed by atoms with E-state index in [1.54, 1.807) is 14.2 Å². The van der Waals surface area contributed by atoms with Crippen molar-refractivity contribution in [3.05, 3.63) is 58.6 Å². The molecule has 0 saturated carbocycles. The summed E-state index contributed by atoms with van der Waals surface area (Å²) in [4.78, 5) is 5.57. The molecular formula is C19H22ClN2O3+. The van der Waals surface area contributed by atoms with E-state index in [9.17, 15) is 0 Å². The maximum absolute atomic E-state index is 6.01. The Kier molecular flexibility index (Phi) is 5.79. The van der Waals surface area contributed by atoms with E-state index in [-0.39, 0.29) is 6.10 Å². The van der Waals surface area contributed by atoms with Gasteiger partial charge in [0.15, 0.2) is 17.6 Å². The number of benzene rings is 2. The topological polar surface area (TPSA) is 56.7 Å². The molecule has 0 aliphatic carbocycles. The predicted octanol–water partition coefficient (Wildman–Crippen LogP) is 2.61. The Labute approximate surface area is 152 Å². The van der Waals surface area contributed by atoms with Crippen LogP contribution in [0.3, 0.4) is 0 Å². The molecule has 0 amide bonds. The molecule has 5 nitrogen and oxygen atoms in total. The molecule has 0 spiro atoms. The van der Waals surface area contributed by atoms with Gasteiger partial charge < -0.3 is 19.6 Å². The van der Waals surface area contributed by atoms with E-state index in [2.05, 4.69) is 16.5 Å². The maximum atomic E-state index is 6.01. The molecule has 25 heavy (non-hydrogen) atoms. The van der Waals surface area contributed by atoms with Gasteiger partial charge in [0, 0.05) is 22.6 Å². The number of oxime groups is 1. The van der Waals surface area contributed by atoms with Gasteiger partial charge in [-0.05, 0) is 30.3 Å². The van der Waals surface area contributed by atoms with Gasteiger partial charge in [0.05, 0.1) is 19.9 Å². The highest BCUT2D eigenvalue weighted by molar-refractivity contribution is 6.30. The Hall–Kier alpha value is -2.24. The van der Waals surface area contributed by atoms with Gasteiger partial charge in [-0.25, -0.2) is 0 Å². The summed E-state index contributed by atoms with van der Waals surface area (Å²) in [5.74, 6) is 1.40. The van der Waals surface area contributed by atoms with Gasteiger partial charge in [0.25, 0.3) is 0 Å². The molecule has 1 heterocycles. The van der Waals surface area contributed by atoms with Crippen LogP contribution < -0.4 is 14.8 Å². The van der Waals surface area contributed by atoms with Crippen LogP contribution in [0.2, 0.25) is 5.02 Å². The average Bonchev–Trinajstić information content (AvgIpc) is 3.10. The second-order valence-corrected chi connectivity index (χ2v) is 6.33. The van der Waals surface area contributed by atoms with E-state index >= 15 is 0 Å². The summed E-state index contributed by atoms with van der Waals surface area (Å²) < 4.78 is 10.6. The Morgan fingerprint density at radius 3 is 2.76 bits per heavy atom. The molecule has 1 aliphatic rings. The van der Waals surface area contributed by atoms with Crippen molar-refractivity contribution in [3.8, 4) is 11.5 Å². The number of ether oxygens (including phenoxy) is 2. The molecular weight excluding hydrogens is 340 g/mol. The smallest absolute Gasteiger partial charge is 0.181 e. The second kappa shape index (κ2) is 8.23. The second-order valence-electron chi connectivity index (χ2n) is 5.90. The van der Waals surface area contributed by atoms with Gasteiger partial charge in [0.1, 0.15) is 13.1 Å². The van der Waals surface area contributed by atoms with Gasteiger partial charge in [0.2, 0.25) is 0 Å². The molecule has 1 aliphatic heterocycles. The SMILES string of the molecule is COc1ccc(C2=NO[C@H](C[NH2+]Cc3cccc(Cl)c3)C2)cc1OC. The number of hydrogen-bond acceptors (Lipinski definition) is 4. The summed E-state index contributed by atoms with van der Waals surface area (Å²) in [5.41, 5.74) is 3.13. The van der Waals surface area contributed by atoms with Crippen molar-refractivity contribution in [2.45, 2.75) is 19.1 Å². The molecule has 0 saturated heterocycles. The molecule has 3 rings (SSSR count). The van der Waals surface area contributed by atoms with E-state index < -0.39 is 0 Å². The Morgan fingerprint density at radius 1 is 1.16 bits per heavy atom. The van der Waals surface area contributed by atoms with Gasteiger partial charge >= 0.3 is 0 Å². The minimum absolute atomic E-state index is 0.0716. The highest BCUT2D eigenvalue weighted by Crippen LogP contribution is 2.29. The summed E-state index contributed by atoms with van der Waals surface area (Å²) in [7, 11) is 3.25. The molecule has 132 valence electrons. The Bertz CT molecular complexity index is 764. The summed E-state index contributed by atoms with van der Waals surface area (Å²) in [6.45, 7) is 1.71. The van der Waals surface area contributed by atoms with E-state index in [1.807, 2.05) is 36.4 Å². The Morgan fingerprint density at radius 2 is 2.00 bits per heavy atom. The monoisotopic (exact) mass is 361 g/mol. The normalized spacial score (nSPS) is 16.3. The lowest BCUT2D eigenvalue weighted by Gasteiger charge is -2.09. The summed E-state index contributed by atoms with van der Waals surface area (Å²) in [6, 6.07) is 13.7. The molecule has 2 aromatic carbocycles. The highest BCUT2D eigenvalue weighted by atomic mass is 35.5. The largest absolute Gasteiger partial charge is 0.493 e. The predicted molar refractivity (Wildman–Crippen MR) is 97.5 cm³/mol. The molecule has 0 fully saturated rings. The number of methoxy groups -OCH3 is 2.